The van der Waals surface area contributed by atoms with Gasteiger partial charge in [0.15, 0.2) is 0 Å². The standard InChI is InChI=1S/C16H16O2/c17-15-11-7-1-2-8(5-7)12(11)16(18)14-10-4-3-9(6-10)13(14)15/h1-4,7-14H,5-6H2/t7-,8-,9-,10-,11-,12-,13-,14+/m0/s1. The first-order chi connectivity index (χ1) is 8.75. The van der Waals surface area contributed by atoms with E-state index in [9.17, 15) is 9.59 Å². The van der Waals surface area contributed by atoms with Crippen LogP contribution in [-0.2, 0) is 9.59 Å². The molecular formula is C16H16O2. The van der Waals surface area contributed by atoms with Gasteiger partial charge in [0.1, 0.15) is 11.6 Å². The smallest absolute Gasteiger partial charge is 0.141 e. The minimum absolute atomic E-state index is 0.0431. The molecule has 0 spiro atoms. The van der Waals surface area contributed by atoms with E-state index in [-0.39, 0.29) is 23.7 Å². The van der Waals surface area contributed by atoms with Crippen LogP contribution in [0.3, 0.4) is 0 Å². The van der Waals surface area contributed by atoms with Gasteiger partial charge in [-0.2, -0.15) is 0 Å². The SMILES string of the molecule is O=C1[C@@H]2[C@@H](C(=O)[C@H]3[C@@H]1[C@H]1C=C[C@H]3C1)[C@H]1C=C[C@H]2C1. The van der Waals surface area contributed by atoms with Crippen LogP contribution in [0, 0.1) is 47.3 Å². The normalized spacial score (nSPS) is 58.4. The molecule has 2 nitrogen and oxygen atoms in total. The first-order valence-corrected chi connectivity index (χ1v) is 7.20. The molecule has 0 radical (unpaired) electrons. The Bertz CT molecular complexity index is 441. The number of hydrogen-bond donors (Lipinski definition) is 0. The molecule has 5 aliphatic carbocycles. The molecule has 0 aromatic heterocycles. The Hall–Kier alpha value is -1.18. The van der Waals surface area contributed by atoms with Crippen LogP contribution in [0.1, 0.15) is 12.8 Å². The molecule has 0 saturated heterocycles. The van der Waals surface area contributed by atoms with Crippen molar-refractivity contribution in [2.45, 2.75) is 12.8 Å². The van der Waals surface area contributed by atoms with Gasteiger partial charge in [-0.3, -0.25) is 9.59 Å². The highest BCUT2D eigenvalue weighted by Crippen LogP contribution is 2.60. The van der Waals surface area contributed by atoms with E-state index >= 15 is 0 Å². The van der Waals surface area contributed by atoms with Crippen molar-refractivity contribution < 1.29 is 9.59 Å². The maximum atomic E-state index is 12.8. The Balaban J connectivity index is 1.65. The lowest BCUT2D eigenvalue weighted by Gasteiger charge is -2.40. The van der Waals surface area contributed by atoms with Crippen LogP contribution >= 0.6 is 0 Å². The number of Topliss-reactive ketones (excluding diaryl/α,β-unsaturated/α-hetero) is 2. The lowest BCUT2D eigenvalue weighted by atomic mass is 9.60. The molecule has 0 aliphatic heterocycles. The third-order valence-corrected chi connectivity index (χ3v) is 6.23. The molecule has 2 heteroatoms. The Morgan fingerprint density at radius 2 is 0.889 bits per heavy atom. The fourth-order valence-corrected chi connectivity index (χ4v) is 5.64. The molecule has 4 bridgehead atoms. The second-order valence-electron chi connectivity index (χ2n) is 6.80. The largest absolute Gasteiger partial charge is 0.299 e. The minimum atomic E-state index is 0.0431. The van der Waals surface area contributed by atoms with E-state index in [0.29, 0.717) is 35.2 Å². The molecule has 0 amide bonds. The summed E-state index contributed by atoms with van der Waals surface area (Å²) in [5.41, 5.74) is 0. The van der Waals surface area contributed by atoms with Crippen molar-refractivity contribution in [1.29, 1.82) is 0 Å². The molecule has 8 atom stereocenters. The van der Waals surface area contributed by atoms with E-state index in [1.165, 1.54) is 0 Å². The fraction of sp³-hybridized carbons (Fsp3) is 0.625. The van der Waals surface area contributed by atoms with Crippen molar-refractivity contribution in [2.24, 2.45) is 47.3 Å². The Morgan fingerprint density at radius 1 is 0.611 bits per heavy atom. The fourth-order valence-electron chi connectivity index (χ4n) is 5.64. The lowest BCUT2D eigenvalue weighted by Crippen LogP contribution is -2.50. The van der Waals surface area contributed by atoms with Gasteiger partial charge in [0.2, 0.25) is 0 Å². The van der Waals surface area contributed by atoms with E-state index in [1.807, 2.05) is 0 Å². The van der Waals surface area contributed by atoms with E-state index < -0.39 is 0 Å². The topological polar surface area (TPSA) is 34.1 Å². The summed E-state index contributed by atoms with van der Waals surface area (Å²) in [6, 6.07) is 0. The monoisotopic (exact) mass is 240 g/mol. The van der Waals surface area contributed by atoms with Crippen molar-refractivity contribution in [3.05, 3.63) is 24.3 Å². The number of rotatable bonds is 0. The summed E-state index contributed by atoms with van der Waals surface area (Å²) in [5, 5.41) is 0. The summed E-state index contributed by atoms with van der Waals surface area (Å²) in [6.45, 7) is 0. The van der Waals surface area contributed by atoms with Crippen molar-refractivity contribution >= 4 is 11.6 Å². The molecule has 18 heavy (non-hydrogen) atoms. The van der Waals surface area contributed by atoms with E-state index in [2.05, 4.69) is 24.3 Å². The number of fused-ring (bicyclic) bond motifs is 10. The number of carbonyl (C=O) groups excluding carboxylic acids is 2. The van der Waals surface area contributed by atoms with Crippen LogP contribution in [0.5, 0.6) is 0 Å². The summed E-state index contributed by atoms with van der Waals surface area (Å²) in [6.07, 6.45) is 10.9. The van der Waals surface area contributed by atoms with Crippen LogP contribution < -0.4 is 0 Å². The molecule has 0 N–H and O–H groups in total. The second kappa shape index (κ2) is 2.87. The number of allylic oxidation sites excluding steroid dienone is 4. The van der Waals surface area contributed by atoms with Crippen LogP contribution in [0.15, 0.2) is 24.3 Å². The average Bonchev–Trinajstić information content (AvgIpc) is 3.10. The maximum absolute atomic E-state index is 12.8. The number of ketones is 2. The van der Waals surface area contributed by atoms with Gasteiger partial charge >= 0.3 is 0 Å². The summed E-state index contributed by atoms with van der Waals surface area (Å²) < 4.78 is 0. The summed E-state index contributed by atoms with van der Waals surface area (Å²) in [4.78, 5) is 25.6. The number of hydrogen-bond acceptors (Lipinski definition) is 2. The zero-order valence-corrected chi connectivity index (χ0v) is 10.2. The van der Waals surface area contributed by atoms with Gasteiger partial charge in [0.05, 0.1) is 0 Å². The molecule has 0 heterocycles. The molecule has 92 valence electrons. The highest BCUT2D eigenvalue weighted by Gasteiger charge is 2.63. The van der Waals surface area contributed by atoms with Crippen LogP contribution in [0.2, 0.25) is 0 Å². The summed E-state index contributed by atoms with van der Waals surface area (Å²) in [7, 11) is 0. The molecule has 3 saturated carbocycles. The summed E-state index contributed by atoms with van der Waals surface area (Å²) in [5.74, 6) is 2.53. The van der Waals surface area contributed by atoms with Gasteiger partial charge in [-0.25, -0.2) is 0 Å². The first kappa shape index (κ1) is 9.71. The highest BCUT2D eigenvalue weighted by molar-refractivity contribution is 6.02. The first-order valence-electron chi connectivity index (χ1n) is 7.20. The molecule has 3 fully saturated rings. The molecule has 5 aliphatic rings. The Kier molecular flexibility index (Phi) is 1.55. The lowest BCUT2D eigenvalue weighted by molar-refractivity contribution is -0.148. The zero-order chi connectivity index (χ0) is 12.0. The predicted molar refractivity (Wildman–Crippen MR) is 65.4 cm³/mol. The van der Waals surface area contributed by atoms with Crippen molar-refractivity contribution in [3.8, 4) is 0 Å². The second-order valence-corrected chi connectivity index (χ2v) is 6.80. The zero-order valence-electron chi connectivity index (χ0n) is 10.2. The minimum Gasteiger partial charge on any atom is -0.299 e. The third-order valence-electron chi connectivity index (χ3n) is 6.23. The maximum Gasteiger partial charge on any atom is 0.141 e. The summed E-state index contributed by atoms with van der Waals surface area (Å²) >= 11 is 0. The van der Waals surface area contributed by atoms with Gasteiger partial charge in [0.25, 0.3) is 0 Å². The Morgan fingerprint density at radius 3 is 1.17 bits per heavy atom. The van der Waals surface area contributed by atoms with Crippen molar-refractivity contribution in [1.82, 2.24) is 0 Å². The molecule has 5 rings (SSSR count). The van der Waals surface area contributed by atoms with Gasteiger partial charge < -0.3 is 0 Å². The molecular weight excluding hydrogens is 224 g/mol. The van der Waals surface area contributed by atoms with Gasteiger partial charge in [-0.1, -0.05) is 24.3 Å². The van der Waals surface area contributed by atoms with Crippen LogP contribution in [0.4, 0.5) is 0 Å². The van der Waals surface area contributed by atoms with Crippen molar-refractivity contribution in [2.75, 3.05) is 0 Å². The third kappa shape index (κ3) is 0.877. The highest BCUT2D eigenvalue weighted by atomic mass is 16.1. The Labute approximate surface area is 106 Å². The molecule has 0 aromatic rings. The average molecular weight is 240 g/mol. The van der Waals surface area contributed by atoms with E-state index in [0.717, 1.165) is 12.8 Å². The van der Waals surface area contributed by atoms with Crippen molar-refractivity contribution in [3.63, 3.8) is 0 Å². The van der Waals surface area contributed by atoms with E-state index in [1.54, 1.807) is 0 Å². The van der Waals surface area contributed by atoms with Gasteiger partial charge in [-0.15, -0.1) is 0 Å². The van der Waals surface area contributed by atoms with Crippen LogP contribution in [-0.4, -0.2) is 11.6 Å². The van der Waals surface area contributed by atoms with E-state index in [4.69, 9.17) is 0 Å². The predicted octanol–water partition coefficient (Wildman–Crippen LogP) is 2.01. The quantitative estimate of drug-likeness (QED) is 0.607. The van der Waals surface area contributed by atoms with Crippen LogP contribution in [0.25, 0.3) is 0 Å². The molecule has 0 unspecified atom stereocenters. The molecule has 0 aromatic carbocycles. The van der Waals surface area contributed by atoms with Gasteiger partial charge in [-0.05, 0) is 36.5 Å². The number of carbonyl (C=O) groups is 2. The van der Waals surface area contributed by atoms with Gasteiger partial charge in [0, 0.05) is 23.7 Å².